The molecule has 0 fully saturated rings. The fourth-order valence-electron chi connectivity index (χ4n) is 2.99. The van der Waals surface area contributed by atoms with Gasteiger partial charge in [0.25, 0.3) is 0 Å². The molecule has 3 aromatic heterocycles. The fraction of sp³-hybridized carbons (Fsp3) is 0.250. The maximum Gasteiger partial charge on any atom is 0.230 e. The van der Waals surface area contributed by atoms with Gasteiger partial charge in [-0.25, -0.2) is 9.67 Å². The van der Waals surface area contributed by atoms with E-state index in [2.05, 4.69) is 22.4 Å². The van der Waals surface area contributed by atoms with Gasteiger partial charge in [-0.2, -0.15) is 0 Å². The zero-order chi connectivity index (χ0) is 20.9. The number of aryl methyl sites for hydroxylation is 1. The summed E-state index contributed by atoms with van der Waals surface area (Å²) in [7, 11) is 0. The summed E-state index contributed by atoms with van der Waals surface area (Å²) in [4.78, 5) is 18.8. The number of rotatable bonds is 8. The number of furan rings is 1. The van der Waals surface area contributed by atoms with Crippen LogP contribution >= 0.6 is 23.1 Å². The molecule has 0 spiro atoms. The number of thioether (sulfide) groups is 1. The van der Waals surface area contributed by atoms with Gasteiger partial charge in [0.1, 0.15) is 12.3 Å². The first-order valence-corrected chi connectivity index (χ1v) is 11.3. The molecule has 0 N–H and O–H groups in total. The minimum atomic E-state index is -0.0631. The van der Waals surface area contributed by atoms with Gasteiger partial charge in [0.15, 0.2) is 5.13 Å². The van der Waals surface area contributed by atoms with Gasteiger partial charge in [0, 0.05) is 18.1 Å². The Kier molecular flexibility index (Phi) is 6.24. The lowest BCUT2D eigenvalue weighted by Crippen LogP contribution is -2.23. The molecule has 0 aliphatic heterocycles. The Labute approximate surface area is 181 Å². The lowest BCUT2D eigenvalue weighted by molar-refractivity contribution is -0.115. The number of para-hydroxylation sites is 1. The van der Waals surface area contributed by atoms with Crippen molar-refractivity contribution >= 4 is 39.8 Å². The second kappa shape index (κ2) is 9.23. The monoisotopic (exact) mass is 440 g/mol. The van der Waals surface area contributed by atoms with E-state index in [0.29, 0.717) is 22.6 Å². The molecule has 154 valence electrons. The Morgan fingerprint density at radius 2 is 2.13 bits per heavy atom. The number of anilines is 2. The maximum absolute atomic E-state index is 12.4. The standard InChI is InChI=1S/C20H20N6O2S2/c1-3-15-7-4-5-9-18(15)26(14(2)27)19-21-16(12-29-19)13-30-20-22-23-24-25(20)11-17-8-6-10-28-17/h4-10,12H,3,11,13H2,1-2H3. The Morgan fingerprint density at radius 3 is 2.90 bits per heavy atom. The van der Waals surface area contributed by atoms with E-state index >= 15 is 0 Å². The topological polar surface area (TPSA) is 89.9 Å². The summed E-state index contributed by atoms with van der Waals surface area (Å²) in [5, 5.41) is 15.2. The molecule has 0 atom stereocenters. The predicted octanol–water partition coefficient (Wildman–Crippen LogP) is 4.31. The van der Waals surface area contributed by atoms with Gasteiger partial charge in [-0.15, -0.1) is 16.4 Å². The normalized spacial score (nSPS) is 11.0. The van der Waals surface area contributed by atoms with Gasteiger partial charge in [0.2, 0.25) is 11.1 Å². The van der Waals surface area contributed by atoms with Crippen LogP contribution in [0.5, 0.6) is 0 Å². The molecule has 0 saturated carbocycles. The van der Waals surface area contributed by atoms with E-state index in [4.69, 9.17) is 9.40 Å². The molecule has 4 rings (SSSR count). The molecule has 0 saturated heterocycles. The van der Waals surface area contributed by atoms with Gasteiger partial charge < -0.3 is 4.42 Å². The van der Waals surface area contributed by atoms with Crippen LogP contribution in [-0.2, 0) is 23.5 Å². The van der Waals surface area contributed by atoms with E-state index in [0.717, 1.165) is 29.1 Å². The molecule has 30 heavy (non-hydrogen) atoms. The van der Waals surface area contributed by atoms with Crippen LogP contribution in [0.15, 0.2) is 57.6 Å². The Hall–Kier alpha value is -2.98. The number of tetrazole rings is 1. The van der Waals surface area contributed by atoms with Gasteiger partial charge in [-0.05, 0) is 40.6 Å². The Bertz CT molecular complexity index is 1120. The first-order chi connectivity index (χ1) is 14.7. The zero-order valence-electron chi connectivity index (χ0n) is 16.6. The first-order valence-electron chi connectivity index (χ1n) is 9.40. The lowest BCUT2D eigenvalue weighted by atomic mass is 10.1. The predicted molar refractivity (Wildman–Crippen MR) is 116 cm³/mol. The third-order valence-electron chi connectivity index (χ3n) is 4.39. The maximum atomic E-state index is 12.4. The number of hydrogen-bond donors (Lipinski definition) is 0. The Morgan fingerprint density at radius 1 is 1.27 bits per heavy atom. The highest BCUT2D eigenvalue weighted by molar-refractivity contribution is 7.98. The number of aromatic nitrogens is 5. The average molecular weight is 441 g/mol. The van der Waals surface area contributed by atoms with Crippen molar-refractivity contribution in [2.75, 3.05) is 4.90 Å². The molecule has 10 heteroatoms. The summed E-state index contributed by atoms with van der Waals surface area (Å²) >= 11 is 2.94. The van der Waals surface area contributed by atoms with Crippen LogP contribution in [0.2, 0.25) is 0 Å². The minimum absolute atomic E-state index is 0.0631. The molecule has 0 aliphatic carbocycles. The van der Waals surface area contributed by atoms with Crippen molar-refractivity contribution in [1.82, 2.24) is 25.2 Å². The van der Waals surface area contributed by atoms with Crippen LogP contribution in [0.4, 0.5) is 10.8 Å². The highest BCUT2D eigenvalue weighted by Gasteiger charge is 2.20. The molecule has 1 aromatic carbocycles. The summed E-state index contributed by atoms with van der Waals surface area (Å²) in [6.45, 7) is 4.11. The summed E-state index contributed by atoms with van der Waals surface area (Å²) in [5.41, 5.74) is 2.85. The molecule has 1 amide bonds. The third kappa shape index (κ3) is 4.44. The van der Waals surface area contributed by atoms with E-state index in [1.165, 1.54) is 23.1 Å². The number of thiazole rings is 1. The summed E-state index contributed by atoms with van der Waals surface area (Å²) in [5.74, 6) is 1.31. The second-order valence-corrected chi connectivity index (χ2v) is 8.22. The minimum Gasteiger partial charge on any atom is -0.467 e. The van der Waals surface area contributed by atoms with Crippen molar-refractivity contribution in [1.29, 1.82) is 0 Å². The number of nitrogens with zero attached hydrogens (tertiary/aromatic N) is 6. The lowest BCUT2D eigenvalue weighted by Gasteiger charge is -2.20. The Balaban J connectivity index is 1.49. The smallest absolute Gasteiger partial charge is 0.230 e. The molecule has 3 heterocycles. The quantitative estimate of drug-likeness (QED) is 0.377. The van der Waals surface area contributed by atoms with E-state index in [1.807, 2.05) is 41.8 Å². The van der Waals surface area contributed by atoms with E-state index in [1.54, 1.807) is 22.8 Å². The van der Waals surface area contributed by atoms with Crippen LogP contribution in [0, 0.1) is 0 Å². The van der Waals surface area contributed by atoms with Crippen LogP contribution < -0.4 is 4.90 Å². The van der Waals surface area contributed by atoms with Crippen LogP contribution in [0.1, 0.15) is 30.9 Å². The highest BCUT2D eigenvalue weighted by Crippen LogP contribution is 2.33. The number of hydrogen-bond acceptors (Lipinski definition) is 8. The van der Waals surface area contributed by atoms with Crippen molar-refractivity contribution in [2.45, 2.75) is 37.7 Å². The highest BCUT2D eigenvalue weighted by atomic mass is 32.2. The molecule has 0 aliphatic rings. The number of carbonyl (C=O) groups excluding carboxylic acids is 1. The average Bonchev–Trinajstić information content (AvgIpc) is 3.50. The molecular weight excluding hydrogens is 420 g/mol. The molecule has 8 nitrogen and oxygen atoms in total. The van der Waals surface area contributed by atoms with Gasteiger partial charge in [0.05, 0.1) is 17.6 Å². The molecule has 0 unspecified atom stereocenters. The van der Waals surface area contributed by atoms with Crippen molar-refractivity contribution in [2.24, 2.45) is 0 Å². The molecular formula is C20H20N6O2S2. The van der Waals surface area contributed by atoms with E-state index in [-0.39, 0.29) is 5.91 Å². The number of benzene rings is 1. The van der Waals surface area contributed by atoms with E-state index < -0.39 is 0 Å². The van der Waals surface area contributed by atoms with Crippen LogP contribution in [0.25, 0.3) is 0 Å². The third-order valence-corrected chi connectivity index (χ3v) is 6.26. The van der Waals surface area contributed by atoms with Gasteiger partial charge >= 0.3 is 0 Å². The summed E-state index contributed by atoms with van der Waals surface area (Å²) in [6.07, 6.45) is 2.47. The van der Waals surface area contributed by atoms with Crippen LogP contribution in [0.3, 0.4) is 0 Å². The first kappa shape index (κ1) is 20.3. The number of carbonyl (C=O) groups is 1. The largest absolute Gasteiger partial charge is 0.467 e. The van der Waals surface area contributed by atoms with Gasteiger partial charge in [-0.3, -0.25) is 9.69 Å². The molecule has 0 radical (unpaired) electrons. The second-order valence-electron chi connectivity index (χ2n) is 6.45. The molecule has 0 bridgehead atoms. The zero-order valence-corrected chi connectivity index (χ0v) is 18.2. The molecule has 4 aromatic rings. The summed E-state index contributed by atoms with van der Waals surface area (Å²) in [6, 6.07) is 11.6. The summed E-state index contributed by atoms with van der Waals surface area (Å²) < 4.78 is 7.05. The number of amides is 1. The SMILES string of the molecule is CCc1ccccc1N(C(C)=O)c1nc(CSc2nnnn2Cc2ccco2)cs1. The van der Waals surface area contributed by atoms with Crippen molar-refractivity contribution in [3.63, 3.8) is 0 Å². The van der Waals surface area contributed by atoms with Crippen LogP contribution in [-0.4, -0.2) is 31.1 Å². The fourth-order valence-corrected chi connectivity index (χ4v) is 4.74. The van der Waals surface area contributed by atoms with Crippen molar-refractivity contribution in [3.8, 4) is 0 Å². The van der Waals surface area contributed by atoms with Crippen molar-refractivity contribution in [3.05, 3.63) is 65.1 Å². The van der Waals surface area contributed by atoms with Gasteiger partial charge in [-0.1, -0.05) is 36.9 Å². The van der Waals surface area contributed by atoms with Crippen molar-refractivity contribution < 1.29 is 9.21 Å². The van der Waals surface area contributed by atoms with E-state index in [9.17, 15) is 4.79 Å².